The Labute approximate surface area is 82.7 Å². The first-order valence-corrected chi connectivity index (χ1v) is 1.56. The monoisotopic (exact) mass is 187 g/mol. The maximum atomic E-state index is 3.64. The molecule has 0 bridgehead atoms. The number of hydrogen-bond acceptors (Lipinski definition) is 0. The largest absolute Gasteiger partial charge is 2.00 e. The van der Waals surface area contributed by atoms with Crippen molar-refractivity contribution >= 4 is 0 Å². The van der Waals surface area contributed by atoms with Crippen molar-refractivity contribution in [1.29, 1.82) is 0 Å². The molecule has 0 spiro atoms. The van der Waals surface area contributed by atoms with Gasteiger partial charge >= 0.3 is 18.6 Å². The van der Waals surface area contributed by atoms with Gasteiger partial charge in [-0.1, -0.05) is 43.6 Å². The Morgan fingerprint density at radius 3 is 0.900 bits per heavy atom. The van der Waals surface area contributed by atoms with Gasteiger partial charge in [-0.25, -0.2) is 0 Å². The molecule has 0 rings (SSSR count). The van der Waals surface area contributed by atoms with Gasteiger partial charge in [-0.05, 0) is 0 Å². The first kappa shape index (κ1) is 75.7. The van der Waals surface area contributed by atoms with Crippen LogP contribution in [0.25, 0.3) is 0 Å². The quantitative estimate of drug-likeness (QED) is 0.491. The fraction of sp³-hybridized carbons (Fsp3) is 0.778. The van der Waals surface area contributed by atoms with Gasteiger partial charge in [0.1, 0.15) is 0 Å². The average Bonchev–Trinajstić information content (AvgIpc) is 0.811. The van der Waals surface area contributed by atoms with Crippen LogP contribution in [0.4, 0.5) is 0 Å². The van der Waals surface area contributed by atoms with E-state index in [9.17, 15) is 0 Å². The Morgan fingerprint density at radius 1 is 0.900 bits per heavy atom. The predicted octanol–water partition coefficient (Wildman–Crippen LogP) is 4.47. The molecule has 69 valence electrons. The van der Waals surface area contributed by atoms with Crippen LogP contribution in [0, 0.1) is 20.3 Å². The minimum Gasteiger partial charge on any atom is -0.358 e. The molecule has 0 nitrogen and oxygen atoms in total. The van der Waals surface area contributed by atoms with Crippen molar-refractivity contribution in [1.82, 2.24) is 0 Å². The fourth-order valence-electron chi connectivity index (χ4n) is 0. The van der Waals surface area contributed by atoms with Crippen LogP contribution in [0.5, 0.6) is 0 Å². The van der Waals surface area contributed by atoms with Gasteiger partial charge in [0.25, 0.3) is 0 Å². The zero-order valence-electron chi connectivity index (χ0n) is 4.73. The Balaban J connectivity index is -0.00000000300. The summed E-state index contributed by atoms with van der Waals surface area (Å²) in [5, 5.41) is 0. The van der Waals surface area contributed by atoms with Crippen LogP contribution < -0.4 is 0 Å². The molecule has 0 aromatic rings. The van der Waals surface area contributed by atoms with E-state index in [4.69, 9.17) is 0 Å². The van der Waals surface area contributed by atoms with Crippen molar-refractivity contribution < 1.29 is 18.6 Å². The van der Waals surface area contributed by atoms with Crippen LogP contribution in [0.1, 0.15) is 43.6 Å². The van der Waals surface area contributed by atoms with Crippen molar-refractivity contribution in [3.8, 4) is 0 Å². The molecule has 0 fully saturated rings. The second kappa shape index (κ2) is 55.0. The van der Waals surface area contributed by atoms with E-state index < -0.39 is 0 Å². The molecule has 0 atom stereocenters. The van der Waals surface area contributed by atoms with Crippen LogP contribution in [0.3, 0.4) is 0 Å². The normalized spacial score (nSPS) is 3.60. The molecule has 0 amide bonds. The van der Waals surface area contributed by atoms with Gasteiger partial charge in [-0.2, -0.15) is 5.92 Å². The molecule has 0 aliphatic rings. The van der Waals surface area contributed by atoms with Gasteiger partial charge in [0.15, 0.2) is 0 Å². The Morgan fingerprint density at radius 2 is 0.900 bits per heavy atom. The van der Waals surface area contributed by atoms with Crippen molar-refractivity contribution in [2.45, 2.75) is 43.6 Å². The Bertz CT molecular complexity index is 9.44. The summed E-state index contributed by atoms with van der Waals surface area (Å²) in [4.78, 5) is 0. The Kier molecular flexibility index (Phi) is 416. The topological polar surface area (TPSA) is 0 Å². The van der Waals surface area contributed by atoms with E-state index >= 15 is 0 Å². The van der Waals surface area contributed by atoms with Crippen molar-refractivity contribution in [3.05, 3.63) is 14.4 Å². The van der Waals surface area contributed by atoms with Crippen molar-refractivity contribution in [2.24, 2.45) is 5.92 Å². The number of hydrogen-bond donors (Lipinski definition) is 0. The zero-order chi connectivity index (χ0) is 3.58. The van der Waals surface area contributed by atoms with E-state index in [1.165, 1.54) is 0 Å². The molecule has 0 saturated heterocycles. The standard InChI is InChI=1S/C4H9.4CH4.CH3.V/c1-4(2)3;;;;;;/h4H,1H2,2-3H3;4*1H4;1H3;/q-1;;;;;-1;+2. The van der Waals surface area contributed by atoms with Crippen LogP contribution >= 0.6 is 0 Å². The molecule has 0 heterocycles. The molecular formula is C9H28V. The summed E-state index contributed by atoms with van der Waals surface area (Å²) < 4.78 is 0. The molecular weight excluding hydrogens is 159 g/mol. The van der Waals surface area contributed by atoms with Crippen LogP contribution in [0.15, 0.2) is 0 Å². The van der Waals surface area contributed by atoms with Gasteiger partial charge in [0, 0.05) is 0 Å². The predicted molar refractivity (Wildman–Crippen MR) is 53.5 cm³/mol. The summed E-state index contributed by atoms with van der Waals surface area (Å²) in [7, 11) is 0. The zero-order valence-corrected chi connectivity index (χ0v) is 6.13. The molecule has 0 unspecified atom stereocenters. The SMILES string of the molecule is C.C.C.C.[CH2-]C(C)C.[CH3-].[V+2]. The fourth-order valence-corrected chi connectivity index (χ4v) is 0. The van der Waals surface area contributed by atoms with Crippen LogP contribution in [0.2, 0.25) is 0 Å². The van der Waals surface area contributed by atoms with Gasteiger partial charge in [0.2, 0.25) is 0 Å². The summed E-state index contributed by atoms with van der Waals surface area (Å²) in [5.74, 6) is 0.583. The van der Waals surface area contributed by atoms with Crippen molar-refractivity contribution in [3.63, 3.8) is 0 Å². The average molecular weight is 187 g/mol. The van der Waals surface area contributed by atoms with Gasteiger partial charge in [-0.15, -0.1) is 0 Å². The molecule has 0 aromatic heterocycles. The maximum Gasteiger partial charge on any atom is 2.00 e. The minimum absolute atomic E-state index is 0. The number of rotatable bonds is 0. The molecule has 1 heteroatoms. The smallest absolute Gasteiger partial charge is 0.358 e. The molecule has 1 radical (unpaired) electrons. The second-order valence-electron chi connectivity index (χ2n) is 1.39. The van der Waals surface area contributed by atoms with Crippen LogP contribution in [-0.2, 0) is 18.6 Å². The summed E-state index contributed by atoms with van der Waals surface area (Å²) >= 11 is 0. The summed E-state index contributed by atoms with van der Waals surface area (Å²) in [6, 6.07) is 0. The first-order chi connectivity index (χ1) is 1.73. The molecule has 0 saturated carbocycles. The van der Waals surface area contributed by atoms with Crippen LogP contribution in [-0.4, -0.2) is 0 Å². The third-order valence-corrected chi connectivity index (χ3v) is 0. The van der Waals surface area contributed by atoms with Gasteiger partial charge in [-0.3, -0.25) is 0 Å². The Hall–Kier alpha value is 0.584. The summed E-state index contributed by atoms with van der Waals surface area (Å²) in [5.41, 5.74) is 0. The molecule has 0 aliphatic carbocycles. The van der Waals surface area contributed by atoms with E-state index in [2.05, 4.69) is 20.8 Å². The molecule has 0 N–H and O–H groups in total. The van der Waals surface area contributed by atoms with E-state index in [1.54, 1.807) is 0 Å². The van der Waals surface area contributed by atoms with E-state index in [0.29, 0.717) is 5.92 Å². The molecule has 0 aromatic carbocycles. The van der Waals surface area contributed by atoms with Crippen molar-refractivity contribution in [2.75, 3.05) is 0 Å². The third kappa shape index (κ3) is 1450. The molecule has 0 aliphatic heterocycles. The maximum absolute atomic E-state index is 3.64. The van der Waals surface area contributed by atoms with Gasteiger partial charge < -0.3 is 14.4 Å². The first-order valence-electron chi connectivity index (χ1n) is 1.56. The van der Waals surface area contributed by atoms with E-state index in [0.717, 1.165) is 0 Å². The van der Waals surface area contributed by atoms with E-state index in [1.807, 2.05) is 0 Å². The minimum atomic E-state index is 0. The third-order valence-electron chi connectivity index (χ3n) is 0. The summed E-state index contributed by atoms with van der Waals surface area (Å²) in [6.07, 6.45) is 0. The second-order valence-corrected chi connectivity index (χ2v) is 1.39. The van der Waals surface area contributed by atoms with Gasteiger partial charge in [0.05, 0.1) is 0 Å². The molecule has 10 heavy (non-hydrogen) atoms. The van der Waals surface area contributed by atoms with E-state index in [-0.39, 0.29) is 55.7 Å². The summed E-state index contributed by atoms with van der Waals surface area (Å²) in [6.45, 7) is 7.75.